The molecule has 0 fully saturated rings. The average Bonchev–Trinajstić information content (AvgIpc) is 2.85. The number of anilines is 1. The second-order valence-electron chi connectivity index (χ2n) is 3.70. The number of carbonyl (C=O) groups excluding carboxylic acids is 1. The molecule has 2 rings (SSSR count). The topological polar surface area (TPSA) is 88.5 Å². The van der Waals surface area contributed by atoms with Gasteiger partial charge in [0.1, 0.15) is 11.5 Å². The molecule has 0 bridgehead atoms. The molecule has 0 aliphatic rings. The quantitative estimate of drug-likeness (QED) is 0.816. The van der Waals surface area contributed by atoms with Crippen LogP contribution in [-0.2, 0) is 13.5 Å². The SMILES string of the molecule is CCc1cc(C(=O)Nc2n[nH]c(C)n2)n(C)n1. The summed E-state index contributed by atoms with van der Waals surface area (Å²) in [6, 6.07) is 1.76. The molecule has 90 valence electrons. The van der Waals surface area contributed by atoms with Gasteiger partial charge in [-0.1, -0.05) is 6.92 Å². The van der Waals surface area contributed by atoms with Crippen molar-refractivity contribution in [2.24, 2.45) is 7.05 Å². The van der Waals surface area contributed by atoms with Crippen LogP contribution in [0.4, 0.5) is 5.95 Å². The Morgan fingerprint density at radius 3 is 2.88 bits per heavy atom. The Morgan fingerprint density at radius 2 is 2.35 bits per heavy atom. The maximum atomic E-state index is 11.9. The first-order chi connectivity index (χ1) is 8.10. The number of hydrogen-bond acceptors (Lipinski definition) is 4. The summed E-state index contributed by atoms with van der Waals surface area (Å²) < 4.78 is 1.55. The number of rotatable bonds is 3. The molecule has 0 radical (unpaired) electrons. The molecule has 7 heteroatoms. The van der Waals surface area contributed by atoms with Gasteiger partial charge < -0.3 is 0 Å². The van der Waals surface area contributed by atoms with Crippen molar-refractivity contribution >= 4 is 11.9 Å². The number of aromatic amines is 1. The second kappa shape index (κ2) is 4.36. The van der Waals surface area contributed by atoms with E-state index < -0.39 is 0 Å². The number of aryl methyl sites for hydroxylation is 3. The van der Waals surface area contributed by atoms with Gasteiger partial charge in [-0.15, -0.1) is 5.10 Å². The number of nitrogens with one attached hydrogen (secondary N) is 2. The van der Waals surface area contributed by atoms with Crippen molar-refractivity contribution in [1.29, 1.82) is 0 Å². The summed E-state index contributed by atoms with van der Waals surface area (Å²) in [4.78, 5) is 15.9. The lowest BCUT2D eigenvalue weighted by Gasteiger charge is -2.00. The van der Waals surface area contributed by atoms with E-state index in [1.807, 2.05) is 6.92 Å². The maximum Gasteiger partial charge on any atom is 0.276 e. The molecule has 0 atom stereocenters. The minimum absolute atomic E-state index is 0.265. The van der Waals surface area contributed by atoms with Crippen LogP contribution in [0.2, 0.25) is 0 Å². The molecule has 0 aliphatic heterocycles. The third kappa shape index (κ3) is 2.32. The number of aromatic nitrogens is 5. The van der Waals surface area contributed by atoms with E-state index in [0.717, 1.165) is 12.1 Å². The van der Waals surface area contributed by atoms with E-state index in [0.29, 0.717) is 11.5 Å². The summed E-state index contributed by atoms with van der Waals surface area (Å²) in [7, 11) is 1.73. The summed E-state index contributed by atoms with van der Waals surface area (Å²) >= 11 is 0. The van der Waals surface area contributed by atoms with Crippen LogP contribution in [0.15, 0.2) is 6.07 Å². The van der Waals surface area contributed by atoms with Gasteiger partial charge in [0, 0.05) is 7.05 Å². The molecule has 7 nitrogen and oxygen atoms in total. The third-order valence-corrected chi connectivity index (χ3v) is 2.35. The van der Waals surface area contributed by atoms with E-state index in [2.05, 4.69) is 25.6 Å². The molecule has 0 aliphatic carbocycles. The highest BCUT2D eigenvalue weighted by Crippen LogP contribution is 2.06. The molecule has 2 aromatic heterocycles. The lowest BCUT2D eigenvalue weighted by atomic mass is 10.3. The zero-order valence-corrected chi connectivity index (χ0v) is 9.98. The lowest BCUT2D eigenvalue weighted by Crippen LogP contribution is -2.16. The van der Waals surface area contributed by atoms with Crippen molar-refractivity contribution in [3.05, 3.63) is 23.3 Å². The molecule has 0 unspecified atom stereocenters. The number of H-pyrrole nitrogens is 1. The van der Waals surface area contributed by atoms with Gasteiger partial charge >= 0.3 is 0 Å². The molecule has 2 N–H and O–H groups in total. The first kappa shape index (κ1) is 11.3. The molecular formula is C10H14N6O. The molecule has 17 heavy (non-hydrogen) atoms. The molecule has 0 spiro atoms. The highest BCUT2D eigenvalue weighted by molar-refractivity contribution is 6.02. The molecule has 2 heterocycles. The fourth-order valence-corrected chi connectivity index (χ4v) is 1.48. The Bertz CT molecular complexity index is 541. The van der Waals surface area contributed by atoms with Crippen LogP contribution in [0.1, 0.15) is 28.9 Å². The van der Waals surface area contributed by atoms with Gasteiger partial charge in [0.15, 0.2) is 0 Å². The van der Waals surface area contributed by atoms with Gasteiger partial charge in [0.05, 0.1) is 5.69 Å². The van der Waals surface area contributed by atoms with Gasteiger partial charge in [-0.25, -0.2) is 0 Å². The van der Waals surface area contributed by atoms with E-state index in [1.165, 1.54) is 0 Å². The van der Waals surface area contributed by atoms with Crippen LogP contribution < -0.4 is 5.32 Å². The zero-order chi connectivity index (χ0) is 12.4. The van der Waals surface area contributed by atoms with E-state index in [-0.39, 0.29) is 11.9 Å². The molecule has 0 saturated heterocycles. The summed E-state index contributed by atoms with van der Waals surface area (Å²) in [6.07, 6.45) is 0.793. The lowest BCUT2D eigenvalue weighted by molar-refractivity contribution is 0.101. The van der Waals surface area contributed by atoms with Crippen molar-refractivity contribution in [3.8, 4) is 0 Å². The number of nitrogens with zero attached hydrogens (tertiary/aromatic N) is 4. The van der Waals surface area contributed by atoms with Gasteiger partial charge in [0.2, 0.25) is 5.95 Å². The van der Waals surface area contributed by atoms with Crippen molar-refractivity contribution < 1.29 is 4.79 Å². The molecule has 1 amide bonds. The van der Waals surface area contributed by atoms with Crippen molar-refractivity contribution in [2.75, 3.05) is 5.32 Å². The van der Waals surface area contributed by atoms with Gasteiger partial charge in [0.25, 0.3) is 5.91 Å². The largest absolute Gasteiger partial charge is 0.288 e. The Labute approximate surface area is 98.2 Å². The summed E-state index contributed by atoms with van der Waals surface area (Å²) in [5, 5.41) is 13.3. The van der Waals surface area contributed by atoms with E-state index in [1.54, 1.807) is 24.7 Å². The van der Waals surface area contributed by atoms with Crippen molar-refractivity contribution in [2.45, 2.75) is 20.3 Å². The average molecular weight is 234 g/mol. The minimum atomic E-state index is -0.265. The zero-order valence-electron chi connectivity index (χ0n) is 9.98. The fourth-order valence-electron chi connectivity index (χ4n) is 1.48. The predicted molar refractivity (Wildman–Crippen MR) is 61.7 cm³/mol. The van der Waals surface area contributed by atoms with E-state index >= 15 is 0 Å². The van der Waals surface area contributed by atoms with Crippen molar-refractivity contribution in [1.82, 2.24) is 25.0 Å². The van der Waals surface area contributed by atoms with Crippen LogP contribution in [0, 0.1) is 6.92 Å². The predicted octanol–water partition coefficient (Wildman–Crippen LogP) is 0.661. The summed E-state index contributed by atoms with van der Waals surface area (Å²) in [5.41, 5.74) is 1.37. The smallest absolute Gasteiger partial charge is 0.276 e. The highest BCUT2D eigenvalue weighted by Gasteiger charge is 2.14. The number of carbonyl (C=O) groups is 1. The maximum absolute atomic E-state index is 11.9. The normalized spacial score (nSPS) is 10.5. The van der Waals surface area contributed by atoms with Gasteiger partial charge in [-0.2, -0.15) is 10.1 Å². The third-order valence-electron chi connectivity index (χ3n) is 2.35. The van der Waals surface area contributed by atoms with Crippen LogP contribution in [0.5, 0.6) is 0 Å². The second-order valence-corrected chi connectivity index (χ2v) is 3.70. The van der Waals surface area contributed by atoms with E-state index in [4.69, 9.17) is 0 Å². The standard InChI is InChI=1S/C10H14N6O/c1-4-7-5-8(16(3)15-7)9(17)12-10-11-6(2)13-14-10/h5H,4H2,1-3H3,(H2,11,12,13,14,17). The summed E-state index contributed by atoms with van der Waals surface area (Å²) in [5.74, 6) is 0.657. The van der Waals surface area contributed by atoms with Crippen LogP contribution in [-0.4, -0.2) is 30.9 Å². The Balaban J connectivity index is 2.16. The first-order valence-electron chi connectivity index (χ1n) is 5.33. The number of amides is 1. The van der Waals surface area contributed by atoms with E-state index in [9.17, 15) is 4.79 Å². The monoisotopic (exact) mass is 234 g/mol. The van der Waals surface area contributed by atoms with Gasteiger partial charge in [-0.3, -0.25) is 19.9 Å². The van der Waals surface area contributed by atoms with Crippen molar-refractivity contribution in [3.63, 3.8) is 0 Å². The Morgan fingerprint density at radius 1 is 1.59 bits per heavy atom. The Hall–Kier alpha value is -2.18. The highest BCUT2D eigenvalue weighted by atomic mass is 16.2. The molecular weight excluding hydrogens is 220 g/mol. The summed E-state index contributed by atoms with van der Waals surface area (Å²) in [6.45, 7) is 3.75. The Kier molecular flexibility index (Phi) is 2.90. The minimum Gasteiger partial charge on any atom is -0.288 e. The van der Waals surface area contributed by atoms with Gasteiger partial charge in [-0.05, 0) is 19.4 Å². The molecule has 0 saturated carbocycles. The first-order valence-corrected chi connectivity index (χ1v) is 5.33. The van der Waals surface area contributed by atoms with Crippen LogP contribution in [0.25, 0.3) is 0 Å². The molecule has 0 aromatic carbocycles. The van der Waals surface area contributed by atoms with Crippen LogP contribution >= 0.6 is 0 Å². The number of hydrogen-bond donors (Lipinski definition) is 2. The fraction of sp³-hybridized carbons (Fsp3) is 0.400. The molecule has 2 aromatic rings. The van der Waals surface area contributed by atoms with Crippen LogP contribution in [0.3, 0.4) is 0 Å².